The Labute approximate surface area is 146 Å². The summed E-state index contributed by atoms with van der Waals surface area (Å²) in [7, 11) is 0. The number of nitrogens with zero attached hydrogens (tertiary/aromatic N) is 4. The van der Waals surface area contributed by atoms with Gasteiger partial charge in [-0.05, 0) is 26.0 Å². The Hall–Kier alpha value is -2.08. The highest BCUT2D eigenvalue weighted by atomic mass is 35.5. The van der Waals surface area contributed by atoms with Gasteiger partial charge in [0.2, 0.25) is 5.91 Å². The summed E-state index contributed by atoms with van der Waals surface area (Å²) in [6.07, 6.45) is -0.00333. The molecule has 1 saturated heterocycles. The minimum Gasteiger partial charge on any atom is -0.485 e. The zero-order valence-electron chi connectivity index (χ0n) is 14.1. The smallest absolute Gasteiger partial charge is 0.227 e. The molecule has 1 aliphatic rings. The summed E-state index contributed by atoms with van der Waals surface area (Å²) < 4.78 is 7.62. The van der Waals surface area contributed by atoms with Crippen LogP contribution in [0.15, 0.2) is 24.3 Å². The van der Waals surface area contributed by atoms with Crippen LogP contribution in [0.25, 0.3) is 0 Å². The Morgan fingerprint density at radius 2 is 2.08 bits per heavy atom. The predicted molar refractivity (Wildman–Crippen MR) is 91.1 cm³/mol. The van der Waals surface area contributed by atoms with E-state index in [-0.39, 0.29) is 17.9 Å². The Kier molecular flexibility index (Phi) is 4.76. The molecule has 0 saturated carbocycles. The van der Waals surface area contributed by atoms with Crippen molar-refractivity contribution in [2.24, 2.45) is 5.92 Å². The fourth-order valence-corrected chi connectivity index (χ4v) is 2.98. The Bertz CT molecular complexity index is 740. The van der Waals surface area contributed by atoms with Crippen molar-refractivity contribution in [1.82, 2.24) is 19.7 Å². The summed E-state index contributed by atoms with van der Waals surface area (Å²) in [5.41, 5.74) is 0. The molecule has 1 amide bonds. The fraction of sp³-hybridized carbons (Fsp3) is 0.471. The van der Waals surface area contributed by atoms with Gasteiger partial charge in [0.05, 0.1) is 30.6 Å². The number of hydrogen-bond donors (Lipinski definition) is 0. The van der Waals surface area contributed by atoms with Crippen LogP contribution in [0.4, 0.5) is 0 Å². The molecule has 128 valence electrons. The Morgan fingerprint density at radius 1 is 1.38 bits per heavy atom. The van der Waals surface area contributed by atoms with Crippen LogP contribution < -0.4 is 4.74 Å². The van der Waals surface area contributed by atoms with Crippen LogP contribution in [0.5, 0.6) is 5.75 Å². The van der Waals surface area contributed by atoms with Crippen molar-refractivity contribution in [3.05, 3.63) is 40.9 Å². The van der Waals surface area contributed by atoms with Gasteiger partial charge in [-0.25, -0.2) is 9.67 Å². The highest BCUT2D eigenvalue weighted by molar-refractivity contribution is 6.32. The molecule has 2 heterocycles. The first-order chi connectivity index (χ1) is 11.4. The SMILES string of the molecule is Cc1nc(C)n(C[C@@H](C)C(=O)N2CC(Oc3ccccc3Cl)C2)n1. The summed E-state index contributed by atoms with van der Waals surface area (Å²) in [4.78, 5) is 18.6. The van der Waals surface area contributed by atoms with Gasteiger partial charge in [0.1, 0.15) is 23.5 Å². The van der Waals surface area contributed by atoms with Crippen LogP contribution in [0.3, 0.4) is 0 Å². The average Bonchev–Trinajstić information content (AvgIpc) is 2.81. The maximum atomic E-state index is 12.5. The molecular formula is C17H21ClN4O2. The van der Waals surface area contributed by atoms with E-state index in [0.717, 1.165) is 11.6 Å². The topological polar surface area (TPSA) is 60.2 Å². The number of aryl methyl sites for hydroxylation is 2. The van der Waals surface area contributed by atoms with Crippen LogP contribution >= 0.6 is 11.6 Å². The first-order valence-electron chi connectivity index (χ1n) is 8.02. The highest BCUT2D eigenvalue weighted by Crippen LogP contribution is 2.27. The third kappa shape index (κ3) is 3.53. The summed E-state index contributed by atoms with van der Waals surface area (Å²) >= 11 is 6.08. The van der Waals surface area contributed by atoms with Crippen molar-refractivity contribution < 1.29 is 9.53 Å². The number of hydrogen-bond acceptors (Lipinski definition) is 4. The highest BCUT2D eigenvalue weighted by Gasteiger charge is 2.34. The summed E-state index contributed by atoms with van der Waals surface area (Å²) in [6.45, 7) is 7.38. The predicted octanol–water partition coefficient (Wildman–Crippen LogP) is 2.47. The molecule has 3 rings (SSSR count). The maximum absolute atomic E-state index is 12.5. The van der Waals surface area contributed by atoms with Crippen molar-refractivity contribution in [2.45, 2.75) is 33.4 Å². The molecular weight excluding hydrogens is 328 g/mol. The number of benzene rings is 1. The van der Waals surface area contributed by atoms with Crippen molar-refractivity contribution in [3.63, 3.8) is 0 Å². The summed E-state index contributed by atoms with van der Waals surface area (Å²) in [5, 5.41) is 4.90. The molecule has 24 heavy (non-hydrogen) atoms. The van der Waals surface area contributed by atoms with Crippen LogP contribution in [-0.4, -0.2) is 44.8 Å². The maximum Gasteiger partial charge on any atom is 0.227 e. The molecule has 0 spiro atoms. The number of para-hydroxylation sites is 1. The molecule has 2 aromatic rings. The van der Waals surface area contributed by atoms with Crippen molar-refractivity contribution in [3.8, 4) is 5.75 Å². The van der Waals surface area contributed by atoms with Gasteiger partial charge in [0.15, 0.2) is 0 Å². The van der Waals surface area contributed by atoms with Gasteiger partial charge in [-0.15, -0.1) is 0 Å². The molecule has 1 aromatic carbocycles. The monoisotopic (exact) mass is 348 g/mol. The lowest BCUT2D eigenvalue weighted by Gasteiger charge is -2.40. The van der Waals surface area contributed by atoms with Gasteiger partial charge >= 0.3 is 0 Å². The fourth-order valence-electron chi connectivity index (χ4n) is 2.80. The number of aromatic nitrogens is 3. The number of carbonyl (C=O) groups excluding carboxylic acids is 1. The van der Waals surface area contributed by atoms with Crippen molar-refractivity contribution in [1.29, 1.82) is 0 Å². The van der Waals surface area contributed by atoms with E-state index in [0.29, 0.717) is 30.4 Å². The molecule has 0 N–H and O–H groups in total. The molecule has 7 heteroatoms. The van der Waals surface area contributed by atoms with E-state index in [1.165, 1.54) is 0 Å². The van der Waals surface area contributed by atoms with Gasteiger partial charge in [0, 0.05) is 0 Å². The lowest BCUT2D eigenvalue weighted by Crippen LogP contribution is -2.57. The molecule has 1 fully saturated rings. The van der Waals surface area contributed by atoms with Crippen LogP contribution in [0, 0.1) is 19.8 Å². The van der Waals surface area contributed by atoms with E-state index in [1.807, 2.05) is 43.9 Å². The second-order valence-electron chi connectivity index (χ2n) is 6.20. The molecule has 1 atom stereocenters. The zero-order valence-corrected chi connectivity index (χ0v) is 14.8. The van der Waals surface area contributed by atoms with E-state index in [1.54, 1.807) is 10.7 Å². The average molecular weight is 349 g/mol. The van der Waals surface area contributed by atoms with Crippen molar-refractivity contribution >= 4 is 17.5 Å². The second kappa shape index (κ2) is 6.81. The molecule has 0 radical (unpaired) electrons. The number of carbonyl (C=O) groups is 1. The van der Waals surface area contributed by atoms with Crippen LogP contribution in [0.2, 0.25) is 5.02 Å². The molecule has 0 unspecified atom stereocenters. The van der Waals surface area contributed by atoms with Crippen LogP contribution in [-0.2, 0) is 11.3 Å². The molecule has 1 aliphatic heterocycles. The van der Waals surface area contributed by atoms with Crippen molar-refractivity contribution in [2.75, 3.05) is 13.1 Å². The van der Waals surface area contributed by atoms with Gasteiger partial charge in [-0.1, -0.05) is 30.7 Å². The third-order valence-corrected chi connectivity index (χ3v) is 4.43. The lowest BCUT2D eigenvalue weighted by atomic mass is 10.1. The largest absolute Gasteiger partial charge is 0.485 e. The Morgan fingerprint density at radius 3 is 2.71 bits per heavy atom. The first-order valence-corrected chi connectivity index (χ1v) is 8.40. The summed E-state index contributed by atoms with van der Waals surface area (Å²) in [6, 6.07) is 7.38. The van der Waals surface area contributed by atoms with Gasteiger partial charge in [-0.3, -0.25) is 4.79 Å². The van der Waals surface area contributed by atoms with Crippen LogP contribution in [0.1, 0.15) is 18.6 Å². The normalized spacial score (nSPS) is 15.9. The van der Waals surface area contributed by atoms with Gasteiger partial charge < -0.3 is 9.64 Å². The minimum atomic E-state index is -0.147. The molecule has 0 aliphatic carbocycles. The van der Waals surface area contributed by atoms with E-state index in [2.05, 4.69) is 10.1 Å². The zero-order chi connectivity index (χ0) is 17.3. The van der Waals surface area contributed by atoms with E-state index >= 15 is 0 Å². The van der Waals surface area contributed by atoms with E-state index < -0.39 is 0 Å². The van der Waals surface area contributed by atoms with E-state index in [9.17, 15) is 4.79 Å². The molecule has 0 bridgehead atoms. The van der Waals surface area contributed by atoms with Gasteiger partial charge in [0.25, 0.3) is 0 Å². The lowest BCUT2D eigenvalue weighted by molar-refractivity contribution is -0.144. The summed E-state index contributed by atoms with van der Waals surface area (Å²) in [5.74, 6) is 2.19. The van der Waals surface area contributed by atoms with Gasteiger partial charge in [-0.2, -0.15) is 5.10 Å². The number of rotatable bonds is 5. The number of likely N-dealkylation sites (tertiary alicyclic amines) is 1. The van der Waals surface area contributed by atoms with E-state index in [4.69, 9.17) is 16.3 Å². The number of amides is 1. The third-order valence-electron chi connectivity index (χ3n) is 4.12. The quantitative estimate of drug-likeness (QED) is 0.832. The molecule has 1 aromatic heterocycles. The first kappa shape index (κ1) is 16.8. The minimum absolute atomic E-state index is 0.00333. The number of halogens is 1. The number of ether oxygens (including phenoxy) is 1. The Balaban J connectivity index is 1.51. The molecule has 6 nitrogen and oxygen atoms in total. The second-order valence-corrected chi connectivity index (χ2v) is 6.61. The standard InChI is InChI=1S/C17H21ClN4O2/c1-11(8-22-13(3)19-12(2)20-22)17(23)21-9-14(10-21)24-16-7-5-4-6-15(16)18/h4-7,11,14H,8-10H2,1-3H3/t11-/m1/s1.